The number of aliphatic hydroxyl groups is 1. The maximum atomic E-state index is 10.7. The van der Waals surface area contributed by atoms with E-state index in [0.717, 1.165) is 12.8 Å². The van der Waals surface area contributed by atoms with Crippen LogP contribution in [0.25, 0.3) is 0 Å². The number of rotatable bonds is 5. The molecule has 1 N–H and O–H groups in total. The van der Waals surface area contributed by atoms with Crippen LogP contribution in [0.15, 0.2) is 0 Å². The molecular formula is C14H28O. The van der Waals surface area contributed by atoms with Crippen molar-refractivity contribution in [3.05, 3.63) is 0 Å². The molecule has 1 aliphatic rings. The predicted octanol–water partition coefficient (Wildman–Crippen LogP) is 4.14. The quantitative estimate of drug-likeness (QED) is 0.726. The minimum Gasteiger partial charge on any atom is -0.390 e. The van der Waals surface area contributed by atoms with Gasteiger partial charge in [0, 0.05) is 0 Å². The van der Waals surface area contributed by atoms with Crippen LogP contribution < -0.4 is 0 Å². The van der Waals surface area contributed by atoms with Crippen LogP contribution in [0, 0.1) is 11.8 Å². The molecule has 1 aliphatic carbocycles. The van der Waals surface area contributed by atoms with E-state index >= 15 is 0 Å². The first-order chi connectivity index (χ1) is 7.12. The Hall–Kier alpha value is -0.0400. The topological polar surface area (TPSA) is 20.2 Å². The monoisotopic (exact) mass is 212 g/mol. The first kappa shape index (κ1) is 13.0. The Morgan fingerprint density at radius 3 is 2.27 bits per heavy atom. The van der Waals surface area contributed by atoms with E-state index < -0.39 is 0 Å². The molecule has 0 bridgehead atoms. The van der Waals surface area contributed by atoms with Crippen LogP contribution in [0.1, 0.15) is 72.1 Å². The van der Waals surface area contributed by atoms with Crippen molar-refractivity contribution in [2.45, 2.75) is 77.7 Å². The summed E-state index contributed by atoms with van der Waals surface area (Å²) >= 11 is 0. The Kier molecular flexibility index (Phi) is 5.11. The minimum absolute atomic E-state index is 0.365. The van der Waals surface area contributed by atoms with Crippen molar-refractivity contribution >= 4 is 0 Å². The number of hydrogen-bond acceptors (Lipinski definition) is 1. The molecule has 0 radical (unpaired) electrons. The first-order valence-electron chi connectivity index (χ1n) is 6.84. The molecule has 0 spiro atoms. The zero-order chi connectivity index (χ0) is 11.3. The largest absolute Gasteiger partial charge is 0.390 e. The van der Waals surface area contributed by atoms with Crippen LogP contribution >= 0.6 is 0 Å². The van der Waals surface area contributed by atoms with Crippen molar-refractivity contribution in [3.63, 3.8) is 0 Å². The molecule has 0 aromatic rings. The standard InChI is InChI=1S/C14H28O/c1-4-12(3)11-14(15,5-2)13-9-7-6-8-10-13/h12-13,15H,4-11H2,1-3H3. The Morgan fingerprint density at radius 1 is 1.20 bits per heavy atom. The Balaban J connectivity index is 2.56. The van der Waals surface area contributed by atoms with Crippen molar-refractivity contribution in [2.24, 2.45) is 11.8 Å². The van der Waals surface area contributed by atoms with E-state index in [1.54, 1.807) is 0 Å². The van der Waals surface area contributed by atoms with Crippen molar-refractivity contribution in [3.8, 4) is 0 Å². The molecule has 1 nitrogen and oxygen atoms in total. The average molecular weight is 212 g/mol. The highest BCUT2D eigenvalue weighted by Gasteiger charge is 2.36. The van der Waals surface area contributed by atoms with Gasteiger partial charge < -0.3 is 5.11 Å². The molecule has 0 saturated heterocycles. The van der Waals surface area contributed by atoms with E-state index in [9.17, 15) is 5.11 Å². The Morgan fingerprint density at radius 2 is 1.80 bits per heavy atom. The zero-order valence-electron chi connectivity index (χ0n) is 10.8. The summed E-state index contributed by atoms with van der Waals surface area (Å²) in [5, 5.41) is 10.7. The predicted molar refractivity (Wildman–Crippen MR) is 65.9 cm³/mol. The van der Waals surface area contributed by atoms with Crippen molar-refractivity contribution in [1.29, 1.82) is 0 Å². The summed E-state index contributed by atoms with van der Waals surface area (Å²) in [4.78, 5) is 0. The first-order valence-corrected chi connectivity index (χ1v) is 6.84. The van der Waals surface area contributed by atoms with E-state index in [-0.39, 0.29) is 5.60 Å². The van der Waals surface area contributed by atoms with E-state index in [1.165, 1.54) is 38.5 Å². The minimum atomic E-state index is -0.365. The van der Waals surface area contributed by atoms with Gasteiger partial charge >= 0.3 is 0 Å². The van der Waals surface area contributed by atoms with Crippen LogP contribution in [0.3, 0.4) is 0 Å². The molecule has 0 aliphatic heterocycles. The van der Waals surface area contributed by atoms with Crippen LogP contribution in [0.4, 0.5) is 0 Å². The molecule has 0 heterocycles. The fourth-order valence-electron chi connectivity index (χ4n) is 2.99. The third-order valence-electron chi connectivity index (χ3n) is 4.38. The van der Waals surface area contributed by atoms with E-state index in [1.807, 2.05) is 0 Å². The van der Waals surface area contributed by atoms with Gasteiger partial charge in [-0.3, -0.25) is 0 Å². The smallest absolute Gasteiger partial charge is 0.0675 e. The molecule has 0 aromatic carbocycles. The summed E-state index contributed by atoms with van der Waals surface area (Å²) in [7, 11) is 0. The van der Waals surface area contributed by atoms with Gasteiger partial charge in [-0.25, -0.2) is 0 Å². The highest BCUT2D eigenvalue weighted by atomic mass is 16.3. The third kappa shape index (κ3) is 3.48. The second-order valence-corrected chi connectivity index (χ2v) is 5.51. The second kappa shape index (κ2) is 5.89. The van der Waals surface area contributed by atoms with Gasteiger partial charge in [-0.15, -0.1) is 0 Å². The van der Waals surface area contributed by atoms with Crippen LogP contribution in [-0.2, 0) is 0 Å². The van der Waals surface area contributed by atoms with E-state index in [0.29, 0.717) is 11.8 Å². The molecule has 2 unspecified atom stereocenters. The lowest BCUT2D eigenvalue weighted by atomic mass is 9.71. The summed E-state index contributed by atoms with van der Waals surface area (Å²) in [5.74, 6) is 1.24. The highest BCUT2D eigenvalue weighted by Crippen LogP contribution is 2.38. The molecule has 15 heavy (non-hydrogen) atoms. The van der Waals surface area contributed by atoms with Gasteiger partial charge in [0.15, 0.2) is 0 Å². The Bertz CT molecular complexity index is 172. The molecule has 0 amide bonds. The van der Waals surface area contributed by atoms with Crippen molar-refractivity contribution in [1.82, 2.24) is 0 Å². The van der Waals surface area contributed by atoms with Crippen LogP contribution in [0.2, 0.25) is 0 Å². The van der Waals surface area contributed by atoms with Crippen molar-refractivity contribution in [2.75, 3.05) is 0 Å². The summed E-state index contributed by atoms with van der Waals surface area (Å²) in [6.45, 7) is 6.64. The van der Waals surface area contributed by atoms with Crippen LogP contribution in [0.5, 0.6) is 0 Å². The van der Waals surface area contributed by atoms with Gasteiger partial charge in [-0.2, -0.15) is 0 Å². The summed E-state index contributed by atoms with van der Waals surface area (Å²) < 4.78 is 0. The SMILES string of the molecule is CCC(C)CC(O)(CC)C1CCCCC1. The summed E-state index contributed by atoms with van der Waals surface area (Å²) in [6.07, 6.45) is 9.66. The molecule has 0 aromatic heterocycles. The highest BCUT2D eigenvalue weighted by molar-refractivity contribution is 4.88. The van der Waals surface area contributed by atoms with Gasteiger partial charge in [0.1, 0.15) is 0 Å². The van der Waals surface area contributed by atoms with E-state index in [4.69, 9.17) is 0 Å². The molecule has 90 valence electrons. The molecule has 1 fully saturated rings. The van der Waals surface area contributed by atoms with Gasteiger partial charge in [-0.1, -0.05) is 46.5 Å². The lowest BCUT2D eigenvalue weighted by Gasteiger charge is -2.39. The molecule has 1 heteroatoms. The maximum Gasteiger partial charge on any atom is 0.0675 e. The molecule has 2 atom stereocenters. The third-order valence-corrected chi connectivity index (χ3v) is 4.38. The normalized spacial score (nSPS) is 24.8. The second-order valence-electron chi connectivity index (χ2n) is 5.51. The summed E-state index contributed by atoms with van der Waals surface area (Å²) in [5.41, 5.74) is -0.365. The molecular weight excluding hydrogens is 184 g/mol. The fourth-order valence-corrected chi connectivity index (χ4v) is 2.99. The molecule has 1 rings (SSSR count). The van der Waals surface area contributed by atoms with Gasteiger partial charge in [0.05, 0.1) is 5.60 Å². The lowest BCUT2D eigenvalue weighted by Crippen LogP contribution is -2.40. The van der Waals surface area contributed by atoms with Gasteiger partial charge in [-0.05, 0) is 37.5 Å². The zero-order valence-corrected chi connectivity index (χ0v) is 10.8. The Labute approximate surface area is 95.3 Å². The van der Waals surface area contributed by atoms with E-state index in [2.05, 4.69) is 20.8 Å². The van der Waals surface area contributed by atoms with Crippen molar-refractivity contribution < 1.29 is 5.11 Å². The van der Waals surface area contributed by atoms with Gasteiger partial charge in [0.2, 0.25) is 0 Å². The van der Waals surface area contributed by atoms with Crippen LogP contribution in [-0.4, -0.2) is 10.7 Å². The fraction of sp³-hybridized carbons (Fsp3) is 1.00. The molecule has 1 saturated carbocycles. The maximum absolute atomic E-state index is 10.7. The number of hydrogen-bond donors (Lipinski definition) is 1. The van der Waals surface area contributed by atoms with Gasteiger partial charge in [0.25, 0.3) is 0 Å². The average Bonchev–Trinajstić information content (AvgIpc) is 2.30. The summed E-state index contributed by atoms with van der Waals surface area (Å²) in [6, 6.07) is 0. The lowest BCUT2D eigenvalue weighted by molar-refractivity contribution is -0.0537.